The number of ether oxygens (including phenoxy) is 2. The van der Waals surface area contributed by atoms with Gasteiger partial charge in [-0.25, -0.2) is 14.8 Å². The van der Waals surface area contributed by atoms with Crippen LogP contribution in [0.25, 0.3) is 21.3 Å². The Morgan fingerprint density at radius 1 is 1.23 bits per heavy atom. The zero-order valence-electron chi connectivity index (χ0n) is 14.1. The lowest BCUT2D eigenvalue weighted by atomic mass is 10.1. The van der Waals surface area contributed by atoms with E-state index < -0.39 is 5.97 Å². The van der Waals surface area contributed by atoms with Crippen LogP contribution in [0.2, 0.25) is 0 Å². The maximum absolute atomic E-state index is 12.0. The van der Waals surface area contributed by atoms with E-state index in [2.05, 4.69) is 9.97 Å². The molecule has 0 spiro atoms. The van der Waals surface area contributed by atoms with Gasteiger partial charge < -0.3 is 13.9 Å². The van der Waals surface area contributed by atoms with Crippen molar-refractivity contribution in [2.24, 2.45) is 0 Å². The number of aryl methyl sites for hydroxylation is 1. The van der Waals surface area contributed by atoms with Crippen molar-refractivity contribution in [1.82, 2.24) is 9.97 Å². The molecule has 3 heterocycles. The Bertz CT molecular complexity index is 1090. The van der Waals surface area contributed by atoms with Gasteiger partial charge in [-0.15, -0.1) is 0 Å². The van der Waals surface area contributed by atoms with Crippen molar-refractivity contribution in [2.45, 2.75) is 6.92 Å². The van der Waals surface area contributed by atoms with Gasteiger partial charge in [0.2, 0.25) is 0 Å². The predicted octanol–water partition coefficient (Wildman–Crippen LogP) is 4.84. The first kappa shape index (κ1) is 16.3. The van der Waals surface area contributed by atoms with Gasteiger partial charge in [-0.1, -0.05) is 23.5 Å². The molecule has 0 atom stereocenters. The standard InChI is InChI=1S/C19H14N2O4S/c1-11-10-20-18(19(22)23-2)17(21-11)13-6-5-12-9-16(26-14(12)8-13)25-15-4-3-7-24-15/h3-10H,1-2H3. The molecule has 0 N–H and O–H groups in total. The monoisotopic (exact) mass is 366 g/mol. The molecular weight excluding hydrogens is 352 g/mol. The van der Waals surface area contributed by atoms with Crippen LogP contribution in [0.5, 0.6) is 11.0 Å². The molecule has 0 fully saturated rings. The number of carbonyl (C=O) groups excluding carboxylic acids is 1. The van der Waals surface area contributed by atoms with Gasteiger partial charge in [0.1, 0.15) is 5.69 Å². The highest BCUT2D eigenvalue weighted by Gasteiger charge is 2.18. The van der Waals surface area contributed by atoms with Gasteiger partial charge in [0, 0.05) is 28.6 Å². The summed E-state index contributed by atoms with van der Waals surface area (Å²) in [6.07, 6.45) is 3.11. The van der Waals surface area contributed by atoms with E-state index in [4.69, 9.17) is 13.9 Å². The Kier molecular flexibility index (Phi) is 4.14. The van der Waals surface area contributed by atoms with Crippen LogP contribution in [0.4, 0.5) is 0 Å². The second-order valence-electron chi connectivity index (χ2n) is 5.55. The number of rotatable bonds is 4. The highest BCUT2D eigenvalue weighted by atomic mass is 32.1. The number of esters is 1. The summed E-state index contributed by atoms with van der Waals surface area (Å²) in [5, 5.41) is 1.75. The predicted molar refractivity (Wildman–Crippen MR) is 97.7 cm³/mol. The lowest BCUT2D eigenvalue weighted by Gasteiger charge is -2.07. The van der Waals surface area contributed by atoms with Gasteiger partial charge in [0.05, 0.1) is 19.1 Å². The van der Waals surface area contributed by atoms with Crippen LogP contribution in [-0.2, 0) is 4.74 Å². The van der Waals surface area contributed by atoms with Crippen molar-refractivity contribution in [3.8, 4) is 22.3 Å². The van der Waals surface area contributed by atoms with Gasteiger partial charge in [0.25, 0.3) is 5.95 Å². The molecule has 7 heteroatoms. The third kappa shape index (κ3) is 3.04. The van der Waals surface area contributed by atoms with Gasteiger partial charge >= 0.3 is 5.97 Å². The number of methoxy groups -OCH3 is 1. The summed E-state index contributed by atoms with van der Waals surface area (Å²) in [7, 11) is 1.33. The van der Waals surface area contributed by atoms with Crippen LogP contribution in [0.1, 0.15) is 16.2 Å². The number of hydrogen-bond donors (Lipinski definition) is 0. The quantitative estimate of drug-likeness (QED) is 0.481. The molecule has 4 aromatic rings. The molecule has 0 aliphatic rings. The minimum Gasteiger partial charge on any atom is -0.464 e. The van der Waals surface area contributed by atoms with Crippen molar-refractivity contribution in [3.63, 3.8) is 0 Å². The summed E-state index contributed by atoms with van der Waals surface area (Å²) in [6.45, 7) is 1.83. The first-order chi connectivity index (χ1) is 12.6. The Balaban J connectivity index is 1.76. The van der Waals surface area contributed by atoms with Crippen LogP contribution in [0.15, 0.2) is 53.3 Å². The highest BCUT2D eigenvalue weighted by molar-refractivity contribution is 7.20. The van der Waals surface area contributed by atoms with Gasteiger partial charge in [-0.3, -0.25) is 0 Å². The number of carbonyl (C=O) groups is 1. The third-order valence-corrected chi connectivity index (χ3v) is 4.71. The van der Waals surface area contributed by atoms with E-state index in [0.717, 1.165) is 26.4 Å². The summed E-state index contributed by atoms with van der Waals surface area (Å²) in [4.78, 5) is 20.7. The Morgan fingerprint density at radius 3 is 2.88 bits per heavy atom. The minimum atomic E-state index is -0.513. The molecule has 0 unspecified atom stereocenters. The Hall–Kier alpha value is -3.19. The number of thiophene rings is 1. The Labute approximate surface area is 153 Å². The van der Waals surface area contributed by atoms with E-state index in [0.29, 0.717) is 11.6 Å². The summed E-state index contributed by atoms with van der Waals surface area (Å²) < 4.78 is 16.7. The molecule has 0 bridgehead atoms. The van der Waals surface area contributed by atoms with Crippen LogP contribution in [0.3, 0.4) is 0 Å². The minimum absolute atomic E-state index is 0.195. The van der Waals surface area contributed by atoms with Crippen LogP contribution in [-0.4, -0.2) is 23.0 Å². The van der Waals surface area contributed by atoms with Gasteiger partial charge in [0.15, 0.2) is 10.8 Å². The molecule has 130 valence electrons. The van der Waals surface area contributed by atoms with Crippen molar-refractivity contribution in [3.05, 3.63) is 60.2 Å². The zero-order valence-corrected chi connectivity index (χ0v) is 14.9. The van der Waals surface area contributed by atoms with Crippen LogP contribution in [0, 0.1) is 6.92 Å². The molecule has 0 amide bonds. The number of hydrogen-bond acceptors (Lipinski definition) is 7. The molecule has 4 rings (SSSR count). The SMILES string of the molecule is COC(=O)c1ncc(C)nc1-c1ccc2cc(Oc3ccco3)sc2c1. The zero-order chi connectivity index (χ0) is 18.1. The molecule has 0 saturated carbocycles. The first-order valence-corrected chi connectivity index (χ1v) is 8.63. The van der Waals surface area contributed by atoms with E-state index in [1.807, 2.05) is 31.2 Å². The average Bonchev–Trinajstić information content (AvgIpc) is 3.29. The van der Waals surface area contributed by atoms with Gasteiger partial charge in [-0.2, -0.15) is 0 Å². The molecular formula is C19H14N2O4S. The third-order valence-electron chi connectivity index (χ3n) is 3.74. The largest absolute Gasteiger partial charge is 0.464 e. The smallest absolute Gasteiger partial charge is 0.358 e. The number of benzene rings is 1. The lowest BCUT2D eigenvalue weighted by Crippen LogP contribution is -2.08. The molecule has 0 radical (unpaired) electrons. The van der Waals surface area contributed by atoms with Crippen molar-refractivity contribution < 1.29 is 18.7 Å². The molecule has 0 aliphatic carbocycles. The topological polar surface area (TPSA) is 74.5 Å². The second-order valence-corrected chi connectivity index (χ2v) is 6.60. The lowest BCUT2D eigenvalue weighted by molar-refractivity contribution is 0.0594. The van der Waals surface area contributed by atoms with Crippen LogP contribution < -0.4 is 4.74 Å². The fraction of sp³-hybridized carbons (Fsp3) is 0.105. The first-order valence-electron chi connectivity index (χ1n) is 7.81. The Morgan fingerprint density at radius 2 is 2.12 bits per heavy atom. The summed E-state index contributed by atoms with van der Waals surface area (Å²) in [5.41, 5.74) is 2.21. The van der Waals surface area contributed by atoms with E-state index >= 15 is 0 Å². The molecule has 3 aromatic heterocycles. The number of furan rings is 1. The fourth-order valence-corrected chi connectivity index (χ4v) is 3.51. The summed E-state index contributed by atoms with van der Waals surface area (Å²) in [6, 6.07) is 11.3. The normalized spacial score (nSPS) is 10.8. The maximum atomic E-state index is 12.0. The van der Waals surface area contributed by atoms with Crippen molar-refractivity contribution in [1.29, 1.82) is 0 Å². The van der Waals surface area contributed by atoms with Gasteiger partial charge in [-0.05, 0) is 24.4 Å². The van der Waals surface area contributed by atoms with E-state index in [1.165, 1.54) is 18.4 Å². The number of fused-ring (bicyclic) bond motifs is 1. The molecule has 26 heavy (non-hydrogen) atoms. The maximum Gasteiger partial charge on any atom is 0.358 e. The number of nitrogens with zero attached hydrogens (tertiary/aromatic N) is 2. The second kappa shape index (κ2) is 6.61. The summed E-state index contributed by atoms with van der Waals surface area (Å²) >= 11 is 1.48. The number of aromatic nitrogens is 2. The molecule has 0 saturated heterocycles. The highest BCUT2D eigenvalue weighted by Crippen LogP contribution is 2.37. The molecule has 1 aromatic carbocycles. The van der Waals surface area contributed by atoms with E-state index in [-0.39, 0.29) is 5.69 Å². The molecule has 6 nitrogen and oxygen atoms in total. The molecule has 0 aliphatic heterocycles. The van der Waals surface area contributed by atoms with Crippen molar-refractivity contribution in [2.75, 3.05) is 7.11 Å². The average molecular weight is 366 g/mol. The summed E-state index contributed by atoms with van der Waals surface area (Å²) in [5.74, 6) is -0.0741. The van der Waals surface area contributed by atoms with E-state index in [1.54, 1.807) is 24.6 Å². The van der Waals surface area contributed by atoms with Crippen LogP contribution >= 0.6 is 11.3 Å². The van der Waals surface area contributed by atoms with Crippen molar-refractivity contribution >= 4 is 27.4 Å². The fourth-order valence-electron chi connectivity index (χ4n) is 2.55. The van der Waals surface area contributed by atoms with E-state index in [9.17, 15) is 4.79 Å².